The molecule has 0 saturated heterocycles. The van der Waals surface area contributed by atoms with Crippen LogP contribution in [0.5, 0.6) is 0 Å². The molecule has 3 nitrogen and oxygen atoms in total. The number of nitrogens with zero attached hydrogens (tertiary/aromatic N) is 1. The van der Waals surface area contributed by atoms with Crippen molar-refractivity contribution < 1.29 is 9.50 Å². The molecule has 0 aliphatic heterocycles. The number of hydrogen-bond donors (Lipinski definition) is 2. The van der Waals surface area contributed by atoms with Crippen molar-refractivity contribution in [3.63, 3.8) is 0 Å². The Labute approximate surface area is 90.5 Å². The third-order valence-electron chi connectivity index (χ3n) is 1.66. The Kier molecular flexibility index (Phi) is 3.44. The molecule has 1 rings (SSSR count). The van der Waals surface area contributed by atoms with Crippen molar-refractivity contribution in [3.05, 3.63) is 22.6 Å². The molecule has 1 aromatic heterocycles. The van der Waals surface area contributed by atoms with Gasteiger partial charge >= 0.3 is 0 Å². The number of aliphatic hydroxyl groups excluding tert-OH is 1. The molecule has 0 spiro atoms. The van der Waals surface area contributed by atoms with E-state index in [2.05, 4.69) is 26.2 Å². The summed E-state index contributed by atoms with van der Waals surface area (Å²) >= 11 is 3.11. The number of rotatable bonds is 3. The van der Waals surface area contributed by atoms with Gasteiger partial charge in [0.25, 0.3) is 0 Å². The first-order valence-corrected chi connectivity index (χ1v) is 4.94. The molecule has 14 heavy (non-hydrogen) atoms. The van der Waals surface area contributed by atoms with Crippen molar-refractivity contribution in [2.45, 2.75) is 19.4 Å². The van der Waals surface area contributed by atoms with Crippen molar-refractivity contribution in [2.75, 3.05) is 11.9 Å². The van der Waals surface area contributed by atoms with Gasteiger partial charge in [-0.3, -0.25) is 0 Å². The molecule has 0 aliphatic rings. The summed E-state index contributed by atoms with van der Waals surface area (Å²) in [7, 11) is 0. The molecule has 78 valence electrons. The van der Waals surface area contributed by atoms with E-state index in [-0.39, 0.29) is 12.4 Å². The maximum absolute atomic E-state index is 13.3. The lowest BCUT2D eigenvalue weighted by atomic mass is 10.1. The minimum Gasteiger partial charge on any atom is -0.394 e. The number of hydrogen-bond acceptors (Lipinski definition) is 3. The Hall–Kier alpha value is -0.680. The van der Waals surface area contributed by atoms with Crippen LogP contribution in [0.4, 0.5) is 10.2 Å². The Morgan fingerprint density at radius 2 is 2.29 bits per heavy atom. The van der Waals surface area contributed by atoms with E-state index in [0.717, 1.165) is 0 Å². The first kappa shape index (κ1) is 11.4. The molecule has 5 heteroatoms. The second kappa shape index (κ2) is 4.23. The van der Waals surface area contributed by atoms with E-state index in [4.69, 9.17) is 5.11 Å². The normalized spacial score (nSPS) is 11.5. The second-order valence-corrected chi connectivity index (χ2v) is 4.57. The molecule has 1 aromatic rings. The van der Waals surface area contributed by atoms with Crippen LogP contribution >= 0.6 is 15.9 Å². The van der Waals surface area contributed by atoms with Gasteiger partial charge in [0.15, 0.2) is 11.6 Å². The van der Waals surface area contributed by atoms with Crippen molar-refractivity contribution in [3.8, 4) is 0 Å². The fraction of sp³-hybridized carbons (Fsp3) is 0.444. The van der Waals surface area contributed by atoms with Crippen molar-refractivity contribution in [1.29, 1.82) is 0 Å². The monoisotopic (exact) mass is 262 g/mol. The van der Waals surface area contributed by atoms with Gasteiger partial charge in [-0.1, -0.05) is 0 Å². The lowest BCUT2D eigenvalue weighted by molar-refractivity contribution is 0.233. The molecular weight excluding hydrogens is 251 g/mol. The van der Waals surface area contributed by atoms with Crippen molar-refractivity contribution in [2.24, 2.45) is 0 Å². The minimum atomic E-state index is -0.582. The molecule has 1 heterocycles. The first-order valence-electron chi connectivity index (χ1n) is 4.15. The van der Waals surface area contributed by atoms with Gasteiger partial charge in [0.1, 0.15) is 0 Å². The molecule has 0 radical (unpaired) electrons. The standard InChI is InChI=1S/C9H12BrFN2O/c1-9(2,5-14)13-8-7(11)3-6(10)4-12-8/h3-4,14H,5H2,1-2H3,(H,12,13). The molecular formula is C9H12BrFN2O. The quantitative estimate of drug-likeness (QED) is 0.878. The molecule has 0 saturated carbocycles. The van der Waals surface area contributed by atoms with Gasteiger partial charge in [-0.2, -0.15) is 0 Å². The summed E-state index contributed by atoms with van der Waals surface area (Å²) in [6.07, 6.45) is 1.50. The number of halogens is 2. The summed E-state index contributed by atoms with van der Waals surface area (Å²) < 4.78 is 13.9. The van der Waals surface area contributed by atoms with Gasteiger partial charge in [-0.25, -0.2) is 9.37 Å². The van der Waals surface area contributed by atoms with E-state index in [1.54, 1.807) is 13.8 Å². The van der Waals surface area contributed by atoms with E-state index in [1.807, 2.05) is 0 Å². The third kappa shape index (κ3) is 2.92. The van der Waals surface area contributed by atoms with Crippen LogP contribution in [-0.2, 0) is 0 Å². The molecule has 2 N–H and O–H groups in total. The third-order valence-corrected chi connectivity index (χ3v) is 2.09. The number of aliphatic hydroxyl groups is 1. The van der Waals surface area contributed by atoms with Crippen LogP contribution < -0.4 is 5.32 Å². The predicted molar refractivity (Wildman–Crippen MR) is 56.7 cm³/mol. The van der Waals surface area contributed by atoms with Crippen LogP contribution in [-0.4, -0.2) is 22.2 Å². The van der Waals surface area contributed by atoms with E-state index in [0.29, 0.717) is 4.47 Å². The highest BCUT2D eigenvalue weighted by Crippen LogP contribution is 2.19. The molecule has 0 aromatic carbocycles. The van der Waals surface area contributed by atoms with E-state index in [9.17, 15) is 4.39 Å². The average Bonchev–Trinajstić information content (AvgIpc) is 2.10. The zero-order valence-corrected chi connectivity index (χ0v) is 9.60. The zero-order chi connectivity index (χ0) is 10.8. The van der Waals surface area contributed by atoms with Crippen LogP contribution in [0, 0.1) is 5.82 Å². The smallest absolute Gasteiger partial charge is 0.166 e. The zero-order valence-electron chi connectivity index (χ0n) is 8.01. The maximum atomic E-state index is 13.3. The van der Waals surface area contributed by atoms with Crippen LogP contribution in [0.3, 0.4) is 0 Å². The highest BCUT2D eigenvalue weighted by Gasteiger charge is 2.18. The summed E-state index contributed by atoms with van der Waals surface area (Å²) in [5.41, 5.74) is -0.582. The summed E-state index contributed by atoms with van der Waals surface area (Å²) in [6.45, 7) is 3.43. The van der Waals surface area contributed by atoms with Gasteiger partial charge in [-0.05, 0) is 35.8 Å². The Morgan fingerprint density at radius 1 is 1.64 bits per heavy atom. The summed E-state index contributed by atoms with van der Waals surface area (Å²) in [5.74, 6) is -0.298. The van der Waals surface area contributed by atoms with Crippen LogP contribution in [0.25, 0.3) is 0 Å². The molecule has 0 bridgehead atoms. The van der Waals surface area contributed by atoms with Gasteiger partial charge in [0.05, 0.1) is 12.1 Å². The topological polar surface area (TPSA) is 45.1 Å². The van der Waals surface area contributed by atoms with Crippen LogP contribution in [0.1, 0.15) is 13.8 Å². The van der Waals surface area contributed by atoms with Gasteiger partial charge in [0, 0.05) is 10.7 Å². The fourth-order valence-electron chi connectivity index (χ4n) is 0.867. The fourth-order valence-corrected chi connectivity index (χ4v) is 1.17. The molecule has 0 fully saturated rings. The minimum absolute atomic E-state index is 0.0931. The van der Waals surface area contributed by atoms with Crippen LogP contribution in [0.15, 0.2) is 16.7 Å². The average molecular weight is 263 g/mol. The number of aromatic nitrogens is 1. The Morgan fingerprint density at radius 3 is 2.79 bits per heavy atom. The van der Waals surface area contributed by atoms with Gasteiger partial charge in [0.2, 0.25) is 0 Å². The highest BCUT2D eigenvalue weighted by molar-refractivity contribution is 9.10. The van der Waals surface area contributed by atoms with E-state index in [1.165, 1.54) is 12.3 Å². The summed E-state index contributed by atoms with van der Waals surface area (Å²) in [6, 6.07) is 1.32. The van der Waals surface area contributed by atoms with Crippen molar-refractivity contribution >= 4 is 21.7 Å². The molecule has 0 unspecified atom stereocenters. The lowest BCUT2D eigenvalue weighted by Crippen LogP contribution is -2.35. The summed E-state index contributed by atoms with van der Waals surface area (Å²) in [5, 5.41) is 11.8. The Bertz CT molecular complexity index is 331. The lowest BCUT2D eigenvalue weighted by Gasteiger charge is -2.24. The SMILES string of the molecule is CC(C)(CO)Nc1ncc(Br)cc1F. The number of pyridine rings is 1. The molecule has 0 amide bonds. The molecule has 0 atom stereocenters. The van der Waals surface area contributed by atoms with Gasteiger partial charge in [-0.15, -0.1) is 0 Å². The second-order valence-electron chi connectivity index (χ2n) is 3.65. The van der Waals surface area contributed by atoms with Crippen LogP contribution in [0.2, 0.25) is 0 Å². The number of anilines is 1. The Balaban J connectivity index is 2.87. The maximum Gasteiger partial charge on any atom is 0.166 e. The first-order chi connectivity index (χ1) is 6.44. The number of nitrogens with one attached hydrogen (secondary N) is 1. The molecule has 0 aliphatic carbocycles. The van der Waals surface area contributed by atoms with Crippen molar-refractivity contribution in [1.82, 2.24) is 4.98 Å². The largest absolute Gasteiger partial charge is 0.394 e. The summed E-state index contributed by atoms with van der Waals surface area (Å²) in [4.78, 5) is 3.87. The predicted octanol–water partition coefficient (Wildman–Crippen LogP) is 2.17. The van der Waals surface area contributed by atoms with E-state index >= 15 is 0 Å². The highest BCUT2D eigenvalue weighted by atomic mass is 79.9. The van der Waals surface area contributed by atoms with E-state index < -0.39 is 11.4 Å². The van der Waals surface area contributed by atoms with Gasteiger partial charge < -0.3 is 10.4 Å².